The molecule has 1 aromatic rings. The van der Waals surface area contributed by atoms with Crippen LogP contribution >= 0.6 is 11.6 Å². The SMILES string of the molecule is Cc1cccc(Cl)c1NC(=O)CCN1CCC[C@@H]2CCCC[C@@H]21. The van der Waals surface area contributed by atoms with Crippen molar-refractivity contribution in [3.8, 4) is 0 Å². The van der Waals surface area contributed by atoms with Gasteiger partial charge in [0.05, 0.1) is 10.7 Å². The summed E-state index contributed by atoms with van der Waals surface area (Å²) in [6.45, 7) is 3.99. The van der Waals surface area contributed by atoms with Crippen molar-refractivity contribution >= 4 is 23.2 Å². The molecule has 1 saturated carbocycles. The Morgan fingerprint density at radius 3 is 2.87 bits per heavy atom. The van der Waals surface area contributed by atoms with Crippen molar-refractivity contribution in [2.75, 3.05) is 18.4 Å². The van der Waals surface area contributed by atoms with Crippen molar-refractivity contribution in [1.29, 1.82) is 0 Å². The van der Waals surface area contributed by atoms with Crippen LogP contribution in [0.25, 0.3) is 0 Å². The van der Waals surface area contributed by atoms with Gasteiger partial charge >= 0.3 is 0 Å². The van der Waals surface area contributed by atoms with Crippen LogP contribution in [0, 0.1) is 12.8 Å². The fraction of sp³-hybridized carbons (Fsp3) is 0.632. The lowest BCUT2D eigenvalue weighted by Gasteiger charge is -2.44. The van der Waals surface area contributed by atoms with Crippen LogP contribution in [0.5, 0.6) is 0 Å². The lowest BCUT2D eigenvalue weighted by Crippen LogP contribution is -2.47. The van der Waals surface area contributed by atoms with E-state index in [2.05, 4.69) is 10.2 Å². The highest BCUT2D eigenvalue weighted by Crippen LogP contribution is 2.35. The summed E-state index contributed by atoms with van der Waals surface area (Å²) in [6, 6.07) is 6.41. The van der Waals surface area contributed by atoms with Crippen LogP contribution in [0.15, 0.2) is 18.2 Å². The first-order valence-corrected chi connectivity index (χ1v) is 9.32. The number of rotatable bonds is 4. The highest BCUT2D eigenvalue weighted by atomic mass is 35.5. The van der Waals surface area contributed by atoms with Gasteiger partial charge in [0.25, 0.3) is 0 Å². The van der Waals surface area contributed by atoms with Crippen molar-refractivity contribution in [3.05, 3.63) is 28.8 Å². The molecule has 2 atom stereocenters. The van der Waals surface area contributed by atoms with Gasteiger partial charge in [-0.3, -0.25) is 9.69 Å². The number of nitrogens with zero attached hydrogens (tertiary/aromatic N) is 1. The number of hydrogen-bond acceptors (Lipinski definition) is 2. The van der Waals surface area contributed by atoms with Crippen LogP contribution in [0.3, 0.4) is 0 Å². The molecule has 23 heavy (non-hydrogen) atoms. The molecule has 1 aromatic carbocycles. The van der Waals surface area contributed by atoms with E-state index in [1.165, 1.54) is 38.5 Å². The number of carbonyl (C=O) groups is 1. The second kappa shape index (κ2) is 7.67. The van der Waals surface area contributed by atoms with Gasteiger partial charge in [0.2, 0.25) is 5.91 Å². The summed E-state index contributed by atoms with van der Waals surface area (Å²) in [5.74, 6) is 0.936. The standard InChI is InChI=1S/C19H27ClN2O/c1-14-6-4-9-16(20)19(14)21-18(23)11-13-22-12-5-8-15-7-2-3-10-17(15)22/h4,6,9,15,17H,2-3,5,7-8,10-13H2,1H3,(H,21,23)/t15-,17-/m0/s1. The third-order valence-electron chi connectivity index (χ3n) is 5.47. The Morgan fingerprint density at radius 2 is 2.04 bits per heavy atom. The molecule has 1 aliphatic carbocycles. The first-order chi connectivity index (χ1) is 11.1. The van der Waals surface area contributed by atoms with Crippen molar-refractivity contribution in [1.82, 2.24) is 4.90 Å². The van der Waals surface area contributed by atoms with Crippen LogP contribution < -0.4 is 5.32 Å². The van der Waals surface area contributed by atoms with E-state index in [4.69, 9.17) is 11.6 Å². The zero-order chi connectivity index (χ0) is 16.2. The Bertz CT molecular complexity index is 538. The zero-order valence-electron chi connectivity index (χ0n) is 14.0. The lowest BCUT2D eigenvalue weighted by molar-refractivity contribution is -0.116. The average molecular weight is 335 g/mol. The number of nitrogens with one attached hydrogen (secondary N) is 1. The van der Waals surface area contributed by atoms with Gasteiger partial charge in [-0.1, -0.05) is 36.6 Å². The number of piperidine rings is 1. The molecule has 1 heterocycles. The second-order valence-electron chi connectivity index (χ2n) is 7.02. The van der Waals surface area contributed by atoms with E-state index in [1.807, 2.05) is 25.1 Å². The summed E-state index contributed by atoms with van der Waals surface area (Å²) in [4.78, 5) is 14.9. The third kappa shape index (κ3) is 4.07. The molecule has 0 bridgehead atoms. The Kier molecular flexibility index (Phi) is 5.60. The second-order valence-corrected chi connectivity index (χ2v) is 7.43. The average Bonchev–Trinajstić information content (AvgIpc) is 2.56. The van der Waals surface area contributed by atoms with Crippen LogP contribution in [-0.2, 0) is 4.79 Å². The molecular formula is C19H27ClN2O. The molecule has 0 unspecified atom stereocenters. The van der Waals surface area contributed by atoms with E-state index in [0.29, 0.717) is 17.5 Å². The highest BCUT2D eigenvalue weighted by molar-refractivity contribution is 6.33. The normalized spacial score (nSPS) is 25.0. The maximum atomic E-state index is 12.3. The van der Waals surface area contributed by atoms with Gasteiger partial charge in [0.15, 0.2) is 0 Å². The van der Waals surface area contributed by atoms with E-state index >= 15 is 0 Å². The predicted molar refractivity (Wildman–Crippen MR) is 96.0 cm³/mol. The molecular weight excluding hydrogens is 308 g/mol. The predicted octanol–water partition coefficient (Wildman–Crippen LogP) is 4.63. The summed E-state index contributed by atoms with van der Waals surface area (Å²) in [6.07, 6.45) is 8.65. The van der Waals surface area contributed by atoms with Gasteiger partial charge in [0, 0.05) is 19.0 Å². The third-order valence-corrected chi connectivity index (χ3v) is 5.79. The minimum Gasteiger partial charge on any atom is -0.325 e. The number of aryl methyl sites for hydroxylation is 1. The maximum Gasteiger partial charge on any atom is 0.225 e. The van der Waals surface area contributed by atoms with Crippen molar-refractivity contribution in [2.45, 2.75) is 57.9 Å². The van der Waals surface area contributed by atoms with Crippen molar-refractivity contribution in [3.63, 3.8) is 0 Å². The number of anilines is 1. The number of halogens is 1. The molecule has 4 heteroatoms. The minimum absolute atomic E-state index is 0.0686. The summed E-state index contributed by atoms with van der Waals surface area (Å²) >= 11 is 6.19. The van der Waals surface area contributed by atoms with Gasteiger partial charge in [-0.15, -0.1) is 0 Å². The number of fused-ring (bicyclic) bond motifs is 1. The Balaban J connectivity index is 1.54. The van der Waals surface area contributed by atoms with Gasteiger partial charge < -0.3 is 5.32 Å². The molecule has 1 saturated heterocycles. The molecule has 3 rings (SSSR count). The summed E-state index contributed by atoms with van der Waals surface area (Å²) in [7, 11) is 0. The van der Waals surface area contributed by atoms with Crippen LogP contribution in [0.2, 0.25) is 5.02 Å². The van der Waals surface area contributed by atoms with Crippen LogP contribution in [-0.4, -0.2) is 29.9 Å². The van der Waals surface area contributed by atoms with E-state index in [0.717, 1.165) is 30.3 Å². The molecule has 1 aliphatic heterocycles. The molecule has 0 radical (unpaired) electrons. The van der Waals surface area contributed by atoms with Gasteiger partial charge in [-0.2, -0.15) is 0 Å². The minimum atomic E-state index is 0.0686. The van der Waals surface area contributed by atoms with Crippen molar-refractivity contribution < 1.29 is 4.79 Å². The number of hydrogen-bond donors (Lipinski definition) is 1. The van der Waals surface area contributed by atoms with Gasteiger partial charge in [0.1, 0.15) is 0 Å². The van der Waals surface area contributed by atoms with E-state index in [9.17, 15) is 4.79 Å². The van der Waals surface area contributed by atoms with Crippen LogP contribution in [0.1, 0.15) is 50.5 Å². The molecule has 1 amide bonds. The van der Waals surface area contributed by atoms with E-state index < -0.39 is 0 Å². The van der Waals surface area contributed by atoms with Crippen LogP contribution in [0.4, 0.5) is 5.69 Å². The maximum absolute atomic E-state index is 12.3. The quantitative estimate of drug-likeness (QED) is 0.870. The largest absolute Gasteiger partial charge is 0.325 e. The Morgan fingerprint density at radius 1 is 1.26 bits per heavy atom. The smallest absolute Gasteiger partial charge is 0.225 e. The van der Waals surface area contributed by atoms with Gasteiger partial charge in [-0.05, 0) is 56.7 Å². The first kappa shape index (κ1) is 16.8. The Hall–Kier alpha value is -1.06. The fourth-order valence-corrected chi connectivity index (χ4v) is 4.51. The topological polar surface area (TPSA) is 32.3 Å². The molecule has 1 N–H and O–H groups in total. The van der Waals surface area contributed by atoms with Crippen molar-refractivity contribution in [2.24, 2.45) is 5.92 Å². The number of benzene rings is 1. The first-order valence-electron chi connectivity index (χ1n) is 8.94. The lowest BCUT2D eigenvalue weighted by atomic mass is 9.78. The van der Waals surface area contributed by atoms with Gasteiger partial charge in [-0.25, -0.2) is 0 Å². The number of likely N-dealkylation sites (tertiary alicyclic amines) is 1. The zero-order valence-corrected chi connectivity index (χ0v) is 14.7. The number of carbonyl (C=O) groups excluding carboxylic acids is 1. The summed E-state index contributed by atoms with van der Waals surface area (Å²) < 4.78 is 0. The monoisotopic (exact) mass is 334 g/mol. The summed E-state index contributed by atoms with van der Waals surface area (Å²) in [5.41, 5.74) is 1.77. The molecule has 2 fully saturated rings. The molecule has 0 aromatic heterocycles. The van der Waals surface area contributed by atoms with E-state index in [-0.39, 0.29) is 5.91 Å². The molecule has 2 aliphatic rings. The number of para-hydroxylation sites is 1. The highest BCUT2D eigenvalue weighted by Gasteiger charge is 2.32. The molecule has 0 spiro atoms. The molecule has 3 nitrogen and oxygen atoms in total. The summed E-state index contributed by atoms with van der Waals surface area (Å²) in [5, 5.41) is 3.61. The Labute approximate surface area is 144 Å². The molecule has 126 valence electrons. The number of amides is 1. The fourth-order valence-electron chi connectivity index (χ4n) is 4.24. The van der Waals surface area contributed by atoms with E-state index in [1.54, 1.807) is 0 Å².